The Morgan fingerprint density at radius 1 is 1.47 bits per heavy atom. The van der Waals surface area contributed by atoms with Gasteiger partial charge in [0.1, 0.15) is 0 Å². The predicted molar refractivity (Wildman–Crippen MR) is 55.5 cm³/mol. The predicted octanol–water partition coefficient (Wildman–Crippen LogP) is 0.285. The number of fused-ring (bicyclic) bond motifs is 1. The molecule has 0 saturated heterocycles. The molecule has 15 heavy (non-hydrogen) atoms. The third-order valence-electron chi connectivity index (χ3n) is 2.08. The Hall–Kier alpha value is -1.88. The lowest BCUT2D eigenvalue weighted by atomic mass is 10.2. The fourth-order valence-corrected chi connectivity index (χ4v) is 1.39. The van der Waals surface area contributed by atoms with Crippen LogP contribution < -0.4 is 5.32 Å². The standard InChI is InChI=1S/C10H11N3O2/c14-6-5-11-10(15)9-7-3-1-2-4-8(7)12-13-9/h1-4,14H,5-6H2,(H,11,15)(H,12,13). The maximum absolute atomic E-state index is 11.6. The summed E-state index contributed by atoms with van der Waals surface area (Å²) in [5, 5.41) is 18.6. The number of aliphatic hydroxyl groups is 1. The SMILES string of the molecule is O=C(NCCO)c1n[nH]c2ccccc12. The van der Waals surface area contributed by atoms with Crippen LogP contribution in [0, 0.1) is 0 Å². The number of carbonyl (C=O) groups is 1. The molecule has 2 aromatic rings. The van der Waals surface area contributed by atoms with Gasteiger partial charge in [0.15, 0.2) is 5.69 Å². The molecule has 0 aliphatic carbocycles. The van der Waals surface area contributed by atoms with Crippen LogP contribution >= 0.6 is 0 Å². The summed E-state index contributed by atoms with van der Waals surface area (Å²) in [5.41, 5.74) is 1.19. The van der Waals surface area contributed by atoms with E-state index in [1.54, 1.807) is 0 Å². The molecular weight excluding hydrogens is 194 g/mol. The summed E-state index contributed by atoms with van der Waals surface area (Å²) in [5.74, 6) is -0.276. The number of amides is 1. The number of hydrogen-bond donors (Lipinski definition) is 3. The van der Waals surface area contributed by atoms with Crippen molar-refractivity contribution in [3.8, 4) is 0 Å². The quantitative estimate of drug-likeness (QED) is 0.673. The van der Waals surface area contributed by atoms with E-state index in [0.717, 1.165) is 10.9 Å². The van der Waals surface area contributed by atoms with Crippen LogP contribution in [-0.2, 0) is 0 Å². The molecule has 5 nitrogen and oxygen atoms in total. The molecule has 0 aliphatic rings. The van der Waals surface area contributed by atoms with Crippen molar-refractivity contribution >= 4 is 16.8 Å². The minimum atomic E-state index is -0.276. The summed E-state index contributed by atoms with van der Waals surface area (Å²) in [6, 6.07) is 7.40. The van der Waals surface area contributed by atoms with Crippen LogP contribution in [-0.4, -0.2) is 34.4 Å². The van der Waals surface area contributed by atoms with Gasteiger partial charge < -0.3 is 10.4 Å². The fraction of sp³-hybridized carbons (Fsp3) is 0.200. The van der Waals surface area contributed by atoms with E-state index in [2.05, 4.69) is 15.5 Å². The van der Waals surface area contributed by atoms with E-state index in [9.17, 15) is 4.79 Å². The monoisotopic (exact) mass is 205 g/mol. The number of benzene rings is 1. The maximum atomic E-state index is 11.6. The maximum Gasteiger partial charge on any atom is 0.272 e. The molecule has 1 aromatic carbocycles. The van der Waals surface area contributed by atoms with Crippen LogP contribution in [0.1, 0.15) is 10.5 Å². The van der Waals surface area contributed by atoms with Crippen LogP contribution in [0.5, 0.6) is 0 Å². The molecule has 0 atom stereocenters. The first-order valence-corrected chi connectivity index (χ1v) is 4.65. The molecule has 0 spiro atoms. The summed E-state index contributed by atoms with van der Waals surface area (Å²) in [6.07, 6.45) is 0. The molecule has 0 fully saturated rings. The van der Waals surface area contributed by atoms with Crippen LogP contribution in [0.15, 0.2) is 24.3 Å². The van der Waals surface area contributed by atoms with Gasteiger partial charge in [0.05, 0.1) is 12.1 Å². The highest BCUT2D eigenvalue weighted by Crippen LogP contribution is 2.14. The van der Waals surface area contributed by atoms with Crippen molar-refractivity contribution in [1.82, 2.24) is 15.5 Å². The van der Waals surface area contributed by atoms with Gasteiger partial charge >= 0.3 is 0 Å². The Morgan fingerprint density at radius 2 is 2.27 bits per heavy atom. The van der Waals surface area contributed by atoms with Gasteiger partial charge in [0, 0.05) is 11.9 Å². The van der Waals surface area contributed by atoms with Crippen LogP contribution in [0.3, 0.4) is 0 Å². The number of aromatic amines is 1. The highest BCUT2D eigenvalue weighted by Gasteiger charge is 2.12. The van der Waals surface area contributed by atoms with Crippen molar-refractivity contribution in [2.24, 2.45) is 0 Å². The van der Waals surface area contributed by atoms with Crippen LogP contribution in [0.4, 0.5) is 0 Å². The molecule has 0 aliphatic heterocycles. The van der Waals surface area contributed by atoms with Gasteiger partial charge in [-0.2, -0.15) is 5.10 Å². The number of nitrogens with one attached hydrogen (secondary N) is 2. The lowest BCUT2D eigenvalue weighted by Crippen LogP contribution is -2.26. The molecule has 3 N–H and O–H groups in total. The van der Waals surface area contributed by atoms with Crippen molar-refractivity contribution in [3.63, 3.8) is 0 Å². The number of aromatic nitrogens is 2. The Bertz CT molecular complexity index is 478. The van der Waals surface area contributed by atoms with Gasteiger partial charge in [0.2, 0.25) is 0 Å². The van der Waals surface area contributed by atoms with Crippen LogP contribution in [0.2, 0.25) is 0 Å². The van der Waals surface area contributed by atoms with Gasteiger partial charge in [0.25, 0.3) is 5.91 Å². The number of carbonyl (C=O) groups excluding carboxylic acids is 1. The van der Waals surface area contributed by atoms with E-state index in [1.807, 2.05) is 24.3 Å². The van der Waals surface area contributed by atoms with Crippen molar-refractivity contribution in [3.05, 3.63) is 30.0 Å². The molecule has 0 radical (unpaired) electrons. The number of aliphatic hydroxyl groups excluding tert-OH is 1. The van der Waals surface area contributed by atoms with E-state index in [4.69, 9.17) is 5.11 Å². The summed E-state index contributed by atoms with van der Waals surface area (Å²) in [6.45, 7) is 0.161. The molecule has 0 saturated carbocycles. The molecule has 0 bridgehead atoms. The molecular formula is C10H11N3O2. The highest BCUT2D eigenvalue weighted by molar-refractivity contribution is 6.04. The molecule has 0 unspecified atom stereocenters. The van der Waals surface area contributed by atoms with E-state index in [1.165, 1.54) is 0 Å². The first-order valence-electron chi connectivity index (χ1n) is 4.65. The van der Waals surface area contributed by atoms with Crippen molar-refractivity contribution in [2.75, 3.05) is 13.2 Å². The summed E-state index contributed by atoms with van der Waals surface area (Å²) in [4.78, 5) is 11.6. The van der Waals surface area contributed by atoms with Gasteiger partial charge in [-0.05, 0) is 6.07 Å². The average molecular weight is 205 g/mol. The third kappa shape index (κ3) is 1.82. The smallest absolute Gasteiger partial charge is 0.272 e. The van der Waals surface area contributed by atoms with Gasteiger partial charge in [-0.25, -0.2) is 0 Å². The summed E-state index contributed by atoms with van der Waals surface area (Å²) < 4.78 is 0. The van der Waals surface area contributed by atoms with Crippen molar-refractivity contribution < 1.29 is 9.90 Å². The van der Waals surface area contributed by atoms with Crippen molar-refractivity contribution in [2.45, 2.75) is 0 Å². The molecule has 5 heteroatoms. The first kappa shape index (κ1) is 9.67. The largest absolute Gasteiger partial charge is 0.395 e. The van der Waals surface area contributed by atoms with Crippen molar-refractivity contribution in [1.29, 1.82) is 0 Å². The zero-order valence-corrected chi connectivity index (χ0v) is 8.03. The van der Waals surface area contributed by atoms with E-state index >= 15 is 0 Å². The minimum absolute atomic E-state index is 0.0753. The molecule has 1 heterocycles. The number of para-hydroxylation sites is 1. The fourth-order valence-electron chi connectivity index (χ4n) is 1.39. The number of nitrogens with zero attached hydrogens (tertiary/aromatic N) is 1. The lowest BCUT2D eigenvalue weighted by Gasteiger charge is -1.99. The third-order valence-corrected chi connectivity index (χ3v) is 2.08. The normalized spacial score (nSPS) is 10.5. The van der Waals surface area contributed by atoms with E-state index < -0.39 is 0 Å². The Labute approximate surface area is 86.1 Å². The Morgan fingerprint density at radius 3 is 3.07 bits per heavy atom. The minimum Gasteiger partial charge on any atom is -0.395 e. The zero-order valence-electron chi connectivity index (χ0n) is 8.03. The Balaban J connectivity index is 2.31. The second kappa shape index (κ2) is 4.10. The first-order chi connectivity index (χ1) is 7.33. The molecule has 78 valence electrons. The Kier molecular flexibility index (Phi) is 2.64. The second-order valence-corrected chi connectivity index (χ2v) is 3.10. The van der Waals surface area contributed by atoms with Crippen LogP contribution in [0.25, 0.3) is 10.9 Å². The number of H-pyrrole nitrogens is 1. The van der Waals surface area contributed by atoms with Gasteiger partial charge in [-0.15, -0.1) is 0 Å². The summed E-state index contributed by atoms with van der Waals surface area (Å²) in [7, 11) is 0. The zero-order chi connectivity index (χ0) is 10.7. The van der Waals surface area contributed by atoms with Gasteiger partial charge in [-0.3, -0.25) is 9.89 Å². The number of rotatable bonds is 3. The lowest BCUT2D eigenvalue weighted by molar-refractivity contribution is 0.0941. The highest BCUT2D eigenvalue weighted by atomic mass is 16.3. The topological polar surface area (TPSA) is 78.0 Å². The van der Waals surface area contributed by atoms with E-state index in [0.29, 0.717) is 5.69 Å². The average Bonchev–Trinajstić information content (AvgIpc) is 2.69. The molecule has 1 aromatic heterocycles. The number of hydrogen-bond acceptors (Lipinski definition) is 3. The second-order valence-electron chi connectivity index (χ2n) is 3.10. The summed E-state index contributed by atoms with van der Waals surface area (Å²) >= 11 is 0. The molecule has 1 amide bonds. The van der Waals surface area contributed by atoms with Gasteiger partial charge in [-0.1, -0.05) is 18.2 Å². The molecule has 2 rings (SSSR count). The van der Waals surface area contributed by atoms with E-state index in [-0.39, 0.29) is 19.1 Å².